The first-order chi connectivity index (χ1) is 14.5. The lowest BCUT2D eigenvalue weighted by atomic mass is 10.1. The minimum absolute atomic E-state index is 0.00809. The van der Waals surface area contributed by atoms with Crippen molar-refractivity contribution in [3.63, 3.8) is 0 Å². The van der Waals surface area contributed by atoms with Crippen molar-refractivity contribution in [2.45, 2.75) is 13.5 Å². The normalized spacial score (nSPS) is 11.3. The van der Waals surface area contributed by atoms with Crippen LogP contribution in [0.2, 0.25) is 0 Å². The van der Waals surface area contributed by atoms with Gasteiger partial charge >= 0.3 is 11.6 Å². The van der Waals surface area contributed by atoms with Crippen LogP contribution in [-0.4, -0.2) is 13.1 Å². The van der Waals surface area contributed by atoms with Crippen molar-refractivity contribution < 1.29 is 18.7 Å². The monoisotopic (exact) mass is 400 g/mol. The van der Waals surface area contributed by atoms with E-state index < -0.39 is 11.6 Å². The van der Waals surface area contributed by atoms with Crippen LogP contribution in [-0.2, 0) is 16.1 Å². The summed E-state index contributed by atoms with van der Waals surface area (Å²) in [5.74, 6) is 0.310. The second kappa shape index (κ2) is 8.25. The van der Waals surface area contributed by atoms with Crippen LogP contribution < -0.4 is 10.4 Å². The summed E-state index contributed by atoms with van der Waals surface area (Å²) in [5, 5.41) is 2.85. The smallest absolute Gasteiger partial charge is 0.336 e. The van der Waals surface area contributed by atoms with Crippen molar-refractivity contribution >= 4 is 33.8 Å². The maximum absolute atomic E-state index is 12.2. The van der Waals surface area contributed by atoms with Crippen LogP contribution in [0.15, 0.2) is 76.0 Å². The van der Waals surface area contributed by atoms with Gasteiger partial charge in [-0.25, -0.2) is 9.59 Å². The third-order valence-corrected chi connectivity index (χ3v) is 4.84. The van der Waals surface area contributed by atoms with E-state index in [9.17, 15) is 9.59 Å². The highest BCUT2D eigenvalue weighted by Gasteiger charge is 2.08. The number of carbonyl (C=O) groups is 1. The number of fused-ring (bicyclic) bond motifs is 2. The number of ether oxygens (including phenoxy) is 2. The summed E-state index contributed by atoms with van der Waals surface area (Å²) >= 11 is 0. The summed E-state index contributed by atoms with van der Waals surface area (Å²) in [6.45, 7) is 1.91. The molecule has 0 atom stereocenters. The van der Waals surface area contributed by atoms with Crippen LogP contribution in [0.4, 0.5) is 0 Å². The number of benzene rings is 3. The van der Waals surface area contributed by atoms with E-state index in [1.165, 1.54) is 12.1 Å². The van der Waals surface area contributed by atoms with Crippen molar-refractivity contribution in [3.8, 4) is 5.75 Å². The minimum atomic E-state index is -0.488. The molecule has 0 radical (unpaired) electrons. The molecule has 1 heterocycles. The molecule has 0 amide bonds. The number of hydrogen-bond acceptors (Lipinski definition) is 5. The van der Waals surface area contributed by atoms with Crippen LogP contribution in [0, 0.1) is 6.92 Å². The Morgan fingerprint density at radius 3 is 2.63 bits per heavy atom. The Labute approximate surface area is 173 Å². The van der Waals surface area contributed by atoms with Gasteiger partial charge in [0.05, 0.1) is 7.11 Å². The molecule has 1 aromatic heterocycles. The van der Waals surface area contributed by atoms with Crippen molar-refractivity contribution in [1.29, 1.82) is 0 Å². The Hall–Kier alpha value is -3.86. The van der Waals surface area contributed by atoms with Gasteiger partial charge in [0, 0.05) is 23.1 Å². The topological polar surface area (TPSA) is 65.7 Å². The van der Waals surface area contributed by atoms with Gasteiger partial charge in [0.1, 0.15) is 17.9 Å². The Morgan fingerprint density at radius 2 is 1.80 bits per heavy atom. The van der Waals surface area contributed by atoms with Crippen LogP contribution in [0.1, 0.15) is 16.7 Å². The maximum atomic E-state index is 12.2. The molecular formula is C25H20O5. The van der Waals surface area contributed by atoms with Crippen molar-refractivity contribution in [3.05, 3.63) is 93.9 Å². The zero-order valence-electron chi connectivity index (χ0n) is 16.7. The molecule has 0 N–H and O–H groups in total. The highest BCUT2D eigenvalue weighted by atomic mass is 16.5. The lowest BCUT2D eigenvalue weighted by molar-refractivity contribution is -0.138. The van der Waals surface area contributed by atoms with Gasteiger partial charge in [0.2, 0.25) is 0 Å². The predicted octanol–water partition coefficient (Wildman–Crippen LogP) is 5.02. The molecule has 3 aromatic carbocycles. The Bertz CT molecular complexity index is 1330. The van der Waals surface area contributed by atoms with E-state index in [0.29, 0.717) is 11.1 Å². The van der Waals surface area contributed by atoms with Crippen molar-refractivity contribution in [2.24, 2.45) is 0 Å². The van der Waals surface area contributed by atoms with Crippen LogP contribution >= 0.6 is 0 Å². The lowest BCUT2D eigenvalue weighted by Gasteiger charge is -2.06. The highest BCUT2D eigenvalue weighted by molar-refractivity contribution is 5.90. The summed E-state index contributed by atoms with van der Waals surface area (Å²) in [6, 6.07) is 18.6. The van der Waals surface area contributed by atoms with Gasteiger partial charge in [-0.05, 0) is 59.2 Å². The Kier molecular flexibility index (Phi) is 5.35. The summed E-state index contributed by atoms with van der Waals surface area (Å²) in [6.07, 6.45) is 3.08. The molecule has 150 valence electrons. The van der Waals surface area contributed by atoms with Crippen LogP contribution in [0.25, 0.3) is 27.8 Å². The highest BCUT2D eigenvalue weighted by Crippen LogP contribution is 2.22. The summed E-state index contributed by atoms with van der Waals surface area (Å²) in [7, 11) is 1.63. The van der Waals surface area contributed by atoms with Gasteiger partial charge in [-0.15, -0.1) is 0 Å². The Balaban J connectivity index is 1.47. The van der Waals surface area contributed by atoms with E-state index in [2.05, 4.69) is 0 Å². The number of rotatable bonds is 5. The number of carbonyl (C=O) groups excluding carboxylic acids is 1. The predicted molar refractivity (Wildman–Crippen MR) is 117 cm³/mol. The molecule has 30 heavy (non-hydrogen) atoms. The molecule has 0 saturated carbocycles. The quantitative estimate of drug-likeness (QED) is 0.267. The summed E-state index contributed by atoms with van der Waals surface area (Å²) in [4.78, 5) is 24.0. The van der Waals surface area contributed by atoms with Gasteiger partial charge in [0.15, 0.2) is 0 Å². The standard InChI is InChI=1S/C25H20O5/c1-16-3-9-22-20(14-25(27)30-23(22)11-16)15-29-24(26)10-5-17-4-6-19-13-21(28-2)8-7-18(19)12-17/h3-14H,15H2,1-2H3/b10-5+. The van der Waals surface area contributed by atoms with Gasteiger partial charge < -0.3 is 13.9 Å². The van der Waals surface area contributed by atoms with E-state index in [0.717, 1.165) is 33.0 Å². The molecule has 0 spiro atoms. The second-order valence-electron chi connectivity index (χ2n) is 7.00. The first-order valence-corrected chi connectivity index (χ1v) is 9.48. The van der Waals surface area contributed by atoms with Gasteiger partial charge in [-0.3, -0.25) is 0 Å². The van der Waals surface area contributed by atoms with E-state index in [-0.39, 0.29) is 6.61 Å². The minimum Gasteiger partial charge on any atom is -0.497 e. The molecule has 0 unspecified atom stereocenters. The number of aryl methyl sites for hydroxylation is 1. The molecule has 0 bridgehead atoms. The van der Waals surface area contributed by atoms with E-state index in [1.54, 1.807) is 19.3 Å². The molecule has 0 fully saturated rings. The summed E-state index contributed by atoms with van der Waals surface area (Å²) < 4.78 is 15.8. The molecule has 0 aliphatic carbocycles. The van der Waals surface area contributed by atoms with Crippen LogP contribution in [0.3, 0.4) is 0 Å². The zero-order chi connectivity index (χ0) is 21.1. The summed E-state index contributed by atoms with van der Waals surface area (Å²) in [5.41, 5.74) is 2.49. The molecule has 0 aliphatic heterocycles. The third-order valence-electron chi connectivity index (χ3n) is 4.84. The second-order valence-corrected chi connectivity index (χ2v) is 7.00. The fourth-order valence-corrected chi connectivity index (χ4v) is 3.29. The first kappa shape index (κ1) is 19.5. The van der Waals surface area contributed by atoms with Crippen LogP contribution in [0.5, 0.6) is 5.75 Å². The van der Waals surface area contributed by atoms with Gasteiger partial charge in [0.25, 0.3) is 0 Å². The molecular weight excluding hydrogens is 380 g/mol. The number of hydrogen-bond donors (Lipinski definition) is 0. The molecule has 5 nitrogen and oxygen atoms in total. The molecule has 0 aliphatic rings. The fourth-order valence-electron chi connectivity index (χ4n) is 3.29. The number of esters is 1. The van der Waals surface area contributed by atoms with Crippen molar-refractivity contribution in [2.75, 3.05) is 7.11 Å². The average molecular weight is 400 g/mol. The zero-order valence-corrected chi connectivity index (χ0v) is 16.7. The third kappa shape index (κ3) is 4.25. The van der Waals surface area contributed by atoms with E-state index in [4.69, 9.17) is 13.9 Å². The Morgan fingerprint density at radius 1 is 1.00 bits per heavy atom. The maximum Gasteiger partial charge on any atom is 0.336 e. The fraction of sp³-hybridized carbons (Fsp3) is 0.120. The molecule has 4 rings (SSSR count). The molecule has 5 heteroatoms. The van der Waals surface area contributed by atoms with Crippen molar-refractivity contribution in [1.82, 2.24) is 0 Å². The van der Waals surface area contributed by atoms with E-state index >= 15 is 0 Å². The largest absolute Gasteiger partial charge is 0.497 e. The average Bonchev–Trinajstić information content (AvgIpc) is 2.75. The first-order valence-electron chi connectivity index (χ1n) is 9.48. The van der Waals surface area contributed by atoms with E-state index in [1.807, 2.05) is 55.5 Å². The SMILES string of the molecule is COc1ccc2cc(/C=C/C(=O)OCc3cc(=O)oc4cc(C)ccc34)ccc2c1. The van der Waals surface area contributed by atoms with Gasteiger partial charge in [-0.1, -0.05) is 30.3 Å². The number of methoxy groups -OCH3 is 1. The molecule has 0 saturated heterocycles. The molecule has 4 aromatic rings. The van der Waals surface area contributed by atoms with Gasteiger partial charge in [-0.2, -0.15) is 0 Å². The lowest BCUT2D eigenvalue weighted by Crippen LogP contribution is -2.05.